The molecular weight excluding hydrogens is 704 g/mol. The van der Waals surface area contributed by atoms with Crippen LogP contribution in [0.5, 0.6) is 11.5 Å². The number of halogens is 1. The van der Waals surface area contributed by atoms with E-state index in [9.17, 15) is 19.2 Å². The Hall–Kier alpha value is -4.13. The van der Waals surface area contributed by atoms with E-state index in [1.54, 1.807) is 25.1 Å². The number of carbonyl (C=O) groups excluding carboxylic acids is 4. The third-order valence-corrected chi connectivity index (χ3v) is 10.6. The fourth-order valence-corrected chi connectivity index (χ4v) is 8.41. The van der Waals surface area contributed by atoms with E-state index in [1.165, 1.54) is 18.4 Å². The highest BCUT2D eigenvalue weighted by Gasteiger charge is 2.37. The molecule has 0 unspecified atom stereocenters. The third-order valence-electron chi connectivity index (χ3n) is 7.88. The van der Waals surface area contributed by atoms with E-state index in [4.69, 9.17) is 14.2 Å². The van der Waals surface area contributed by atoms with Gasteiger partial charge in [-0.3, -0.25) is 19.3 Å². The largest absolute Gasteiger partial charge is 0.493 e. The first-order chi connectivity index (χ1) is 22.8. The molecule has 242 valence electrons. The molecule has 2 heterocycles. The molecule has 3 amide bonds. The van der Waals surface area contributed by atoms with E-state index < -0.39 is 29.6 Å². The lowest BCUT2D eigenvalue weighted by atomic mass is 9.95. The Morgan fingerprint density at radius 2 is 1.85 bits per heavy atom. The van der Waals surface area contributed by atoms with Gasteiger partial charge in [-0.2, -0.15) is 0 Å². The van der Waals surface area contributed by atoms with Crippen LogP contribution >= 0.6 is 39.0 Å². The fourth-order valence-electron chi connectivity index (χ4n) is 5.70. The predicted octanol–water partition coefficient (Wildman–Crippen LogP) is 7.98. The second-order valence-electron chi connectivity index (χ2n) is 10.9. The molecular formula is C35H31BrN2O7S2. The average Bonchev–Trinajstić information content (AvgIpc) is 3.55. The van der Waals surface area contributed by atoms with Gasteiger partial charge in [-0.1, -0.05) is 42.5 Å². The number of amides is 3. The summed E-state index contributed by atoms with van der Waals surface area (Å²) in [5.74, 6) is -0.699. The Morgan fingerprint density at radius 3 is 2.66 bits per heavy atom. The smallest absolute Gasteiger partial charge is 0.341 e. The number of carbonyl (C=O) groups is 4. The molecule has 0 radical (unpaired) electrons. The second-order valence-corrected chi connectivity index (χ2v) is 13.9. The van der Waals surface area contributed by atoms with Gasteiger partial charge >= 0.3 is 5.97 Å². The molecule has 47 heavy (non-hydrogen) atoms. The van der Waals surface area contributed by atoms with Crippen LogP contribution in [0.4, 0.5) is 9.80 Å². The van der Waals surface area contributed by atoms with Crippen LogP contribution in [0.25, 0.3) is 16.8 Å². The number of benzene rings is 3. The maximum atomic E-state index is 13.3. The van der Waals surface area contributed by atoms with Crippen LogP contribution in [-0.2, 0) is 33.8 Å². The number of rotatable bonds is 10. The number of aryl methyl sites for hydroxylation is 1. The number of methoxy groups -OCH3 is 1. The molecule has 6 rings (SSSR count). The summed E-state index contributed by atoms with van der Waals surface area (Å²) in [6.45, 7) is 1.77. The Morgan fingerprint density at radius 1 is 1.06 bits per heavy atom. The van der Waals surface area contributed by atoms with Crippen molar-refractivity contribution in [1.82, 2.24) is 4.90 Å². The summed E-state index contributed by atoms with van der Waals surface area (Å²) in [7, 11) is 1.53. The first-order valence-corrected chi connectivity index (χ1v) is 17.5. The van der Waals surface area contributed by atoms with Crippen LogP contribution in [0.2, 0.25) is 0 Å². The molecule has 9 nitrogen and oxygen atoms in total. The Kier molecular flexibility index (Phi) is 10.00. The molecule has 1 aromatic heterocycles. The number of anilines is 1. The molecule has 12 heteroatoms. The van der Waals surface area contributed by atoms with E-state index in [2.05, 4.69) is 39.4 Å². The van der Waals surface area contributed by atoms with E-state index in [0.717, 1.165) is 69.1 Å². The number of ether oxygens (including phenoxy) is 3. The number of imide groups is 1. The highest BCUT2D eigenvalue weighted by atomic mass is 79.9. The minimum absolute atomic E-state index is 0.167. The number of hydrogen-bond donors (Lipinski definition) is 1. The topological polar surface area (TPSA) is 111 Å². The lowest BCUT2D eigenvalue weighted by molar-refractivity contribution is -0.127. The van der Waals surface area contributed by atoms with Crippen LogP contribution in [0, 0.1) is 0 Å². The lowest BCUT2D eigenvalue weighted by Crippen LogP contribution is -2.36. The van der Waals surface area contributed by atoms with Gasteiger partial charge in [0, 0.05) is 4.88 Å². The zero-order valence-electron chi connectivity index (χ0n) is 25.7. The Balaban J connectivity index is 1.16. The van der Waals surface area contributed by atoms with E-state index >= 15 is 0 Å². The minimum Gasteiger partial charge on any atom is -0.493 e. The van der Waals surface area contributed by atoms with Gasteiger partial charge in [0.1, 0.15) is 18.2 Å². The second kappa shape index (κ2) is 14.3. The highest BCUT2D eigenvalue weighted by Crippen LogP contribution is 2.41. The number of fused-ring (bicyclic) bond motifs is 2. The average molecular weight is 736 g/mol. The van der Waals surface area contributed by atoms with Crippen molar-refractivity contribution in [3.8, 4) is 11.5 Å². The van der Waals surface area contributed by atoms with E-state index in [1.807, 2.05) is 24.3 Å². The summed E-state index contributed by atoms with van der Waals surface area (Å²) in [6.07, 6.45) is 5.11. The van der Waals surface area contributed by atoms with Crippen LogP contribution in [0.15, 0.2) is 64.0 Å². The van der Waals surface area contributed by atoms with Gasteiger partial charge in [-0.15, -0.1) is 11.3 Å². The van der Waals surface area contributed by atoms with Crippen molar-refractivity contribution < 1.29 is 33.4 Å². The van der Waals surface area contributed by atoms with Crippen molar-refractivity contribution in [2.75, 3.05) is 25.6 Å². The normalized spacial score (nSPS) is 15.2. The number of thiophene rings is 1. The maximum Gasteiger partial charge on any atom is 0.341 e. The molecule has 2 aliphatic rings. The van der Waals surface area contributed by atoms with Crippen LogP contribution in [0.3, 0.4) is 0 Å². The van der Waals surface area contributed by atoms with Crippen LogP contribution in [0.1, 0.15) is 51.7 Å². The monoisotopic (exact) mass is 734 g/mol. The maximum absolute atomic E-state index is 13.3. The molecule has 1 fully saturated rings. The zero-order valence-corrected chi connectivity index (χ0v) is 28.9. The summed E-state index contributed by atoms with van der Waals surface area (Å²) in [5.41, 5.74) is 2.91. The highest BCUT2D eigenvalue weighted by molar-refractivity contribution is 9.10. The Bertz CT molecular complexity index is 1930. The molecule has 1 saturated heterocycles. The first-order valence-electron chi connectivity index (χ1n) is 15.1. The number of esters is 1. The van der Waals surface area contributed by atoms with Gasteiger partial charge in [-0.25, -0.2) is 4.79 Å². The summed E-state index contributed by atoms with van der Waals surface area (Å²) < 4.78 is 17.7. The first kappa shape index (κ1) is 32.8. The van der Waals surface area contributed by atoms with Gasteiger partial charge in [0.2, 0.25) is 5.91 Å². The zero-order chi connectivity index (χ0) is 33.1. The SMILES string of the molecule is CCOC(=O)c1c(NC(=O)CN2C(=O)S/C(=C\c3cc(Br)c(OCc4cccc5ccccc45)c(OC)c3)C2=O)sc2c1CCCC2. The molecule has 4 aromatic rings. The van der Waals surface area contributed by atoms with Crippen molar-refractivity contribution >= 4 is 83.9 Å². The van der Waals surface area contributed by atoms with Gasteiger partial charge in [0.25, 0.3) is 11.1 Å². The standard InChI is InChI=1S/C35H31BrN2O7S2/c1-3-44-34(41)30-24-13-6-7-14-27(24)46-32(30)37-29(39)18-38-33(40)28(47-35(38)42)17-20-15-25(36)31(26(16-20)43-2)45-19-22-11-8-10-21-9-4-5-12-23(21)22/h4-5,8-12,15-17H,3,6-7,13-14,18-19H2,1-2H3,(H,37,39)/b28-17-. The summed E-state index contributed by atoms with van der Waals surface area (Å²) in [5, 5.41) is 4.81. The number of nitrogens with one attached hydrogen (secondary N) is 1. The number of hydrogen-bond acceptors (Lipinski definition) is 9. The lowest BCUT2D eigenvalue weighted by Gasteiger charge is -2.15. The summed E-state index contributed by atoms with van der Waals surface area (Å²) in [6, 6.07) is 17.6. The van der Waals surface area contributed by atoms with Crippen molar-refractivity contribution in [2.24, 2.45) is 0 Å². The molecule has 1 N–H and O–H groups in total. The van der Waals surface area contributed by atoms with Crippen molar-refractivity contribution in [1.29, 1.82) is 0 Å². The van der Waals surface area contributed by atoms with E-state index in [0.29, 0.717) is 38.7 Å². The van der Waals surface area contributed by atoms with Crippen molar-refractivity contribution in [3.63, 3.8) is 0 Å². The van der Waals surface area contributed by atoms with Crippen molar-refractivity contribution in [2.45, 2.75) is 39.2 Å². The van der Waals surface area contributed by atoms with Crippen LogP contribution in [-0.4, -0.2) is 48.2 Å². The summed E-state index contributed by atoms with van der Waals surface area (Å²) in [4.78, 5) is 54.2. The quantitative estimate of drug-likeness (QED) is 0.129. The van der Waals surface area contributed by atoms with Gasteiger partial charge < -0.3 is 19.5 Å². The summed E-state index contributed by atoms with van der Waals surface area (Å²) >= 11 is 5.68. The fraction of sp³-hybridized carbons (Fsp3) is 0.257. The third kappa shape index (κ3) is 6.95. The minimum atomic E-state index is -0.586. The van der Waals surface area contributed by atoms with Gasteiger partial charge in [-0.05, 0) is 106 Å². The molecule has 3 aromatic carbocycles. The molecule has 0 bridgehead atoms. The number of thioether (sulfide) groups is 1. The van der Waals surface area contributed by atoms with Gasteiger partial charge in [0.05, 0.1) is 28.7 Å². The van der Waals surface area contributed by atoms with Crippen LogP contribution < -0.4 is 14.8 Å². The van der Waals surface area contributed by atoms with Gasteiger partial charge in [0.15, 0.2) is 11.5 Å². The number of nitrogens with zero attached hydrogens (tertiary/aromatic N) is 1. The molecule has 0 atom stereocenters. The molecule has 0 spiro atoms. The van der Waals surface area contributed by atoms with Crippen molar-refractivity contribution in [3.05, 3.63) is 91.1 Å². The predicted molar refractivity (Wildman–Crippen MR) is 187 cm³/mol. The van der Waals surface area contributed by atoms with E-state index in [-0.39, 0.29) is 11.5 Å². The molecule has 1 aliphatic heterocycles. The Labute approximate surface area is 288 Å². The molecule has 1 aliphatic carbocycles. The molecule has 0 saturated carbocycles.